The van der Waals surface area contributed by atoms with E-state index in [-0.39, 0.29) is 5.41 Å². The standard InChI is InChI=1S/C11H17N/c1-9-8-12-6-5-10(9)7-11(2,3)4/h5-6,8H,7H2,1-4H3/i1D3. The van der Waals surface area contributed by atoms with E-state index in [1.165, 1.54) is 6.20 Å². The molecule has 0 N–H and O–H groups in total. The molecule has 1 heteroatoms. The Labute approximate surface area is 79.1 Å². The fourth-order valence-corrected chi connectivity index (χ4v) is 1.15. The van der Waals surface area contributed by atoms with Crippen LogP contribution in [0.4, 0.5) is 0 Å². The minimum atomic E-state index is -2.06. The molecule has 0 aliphatic rings. The van der Waals surface area contributed by atoms with Crippen LogP contribution in [0.15, 0.2) is 18.5 Å². The van der Waals surface area contributed by atoms with Crippen molar-refractivity contribution in [3.63, 3.8) is 0 Å². The molecule has 0 unspecified atom stereocenters. The minimum absolute atomic E-state index is 0.0847. The fraction of sp³-hybridized carbons (Fsp3) is 0.545. The summed E-state index contributed by atoms with van der Waals surface area (Å²) >= 11 is 0. The van der Waals surface area contributed by atoms with Crippen LogP contribution in [0.3, 0.4) is 0 Å². The number of pyridine rings is 1. The Kier molecular flexibility index (Phi) is 1.56. The lowest BCUT2D eigenvalue weighted by atomic mass is 9.87. The third-order valence-electron chi connectivity index (χ3n) is 1.63. The maximum absolute atomic E-state index is 7.41. The first-order valence-corrected chi connectivity index (χ1v) is 4.13. The predicted octanol–water partition coefficient (Wildman–Crippen LogP) is 2.98. The zero-order chi connectivity index (χ0) is 11.7. The molecule has 1 heterocycles. The van der Waals surface area contributed by atoms with Gasteiger partial charge in [0.2, 0.25) is 0 Å². The molecule has 0 atom stereocenters. The summed E-state index contributed by atoms with van der Waals surface area (Å²) in [7, 11) is 0. The average molecular weight is 166 g/mol. The van der Waals surface area contributed by atoms with E-state index in [0.29, 0.717) is 5.56 Å². The largest absolute Gasteiger partial charge is 0.264 e. The molecule has 1 rings (SSSR count). The number of hydrogen-bond donors (Lipinski definition) is 0. The van der Waals surface area contributed by atoms with E-state index in [1.807, 2.05) is 0 Å². The van der Waals surface area contributed by atoms with Crippen LogP contribution in [-0.4, -0.2) is 4.98 Å². The van der Waals surface area contributed by atoms with Gasteiger partial charge >= 0.3 is 0 Å². The van der Waals surface area contributed by atoms with Crippen LogP contribution in [0, 0.1) is 12.3 Å². The zero-order valence-corrected chi connectivity index (χ0v) is 7.89. The quantitative estimate of drug-likeness (QED) is 0.625. The zero-order valence-electron chi connectivity index (χ0n) is 10.9. The van der Waals surface area contributed by atoms with E-state index in [2.05, 4.69) is 25.8 Å². The Morgan fingerprint density at radius 3 is 2.83 bits per heavy atom. The maximum Gasteiger partial charge on any atom is 0.0299 e. The lowest BCUT2D eigenvalue weighted by Gasteiger charge is -2.19. The normalized spacial score (nSPS) is 16.4. The number of hydrogen-bond acceptors (Lipinski definition) is 1. The van der Waals surface area contributed by atoms with Crippen LogP contribution in [-0.2, 0) is 6.42 Å². The van der Waals surface area contributed by atoms with Crippen molar-refractivity contribution in [2.45, 2.75) is 34.0 Å². The lowest BCUT2D eigenvalue weighted by molar-refractivity contribution is 0.410. The van der Waals surface area contributed by atoms with Crippen LogP contribution in [0.1, 0.15) is 36.0 Å². The Balaban J connectivity index is 3.08. The van der Waals surface area contributed by atoms with Gasteiger partial charge in [-0.05, 0) is 35.9 Å². The van der Waals surface area contributed by atoms with Crippen LogP contribution in [0.5, 0.6) is 0 Å². The summed E-state index contributed by atoms with van der Waals surface area (Å²) < 4.78 is 22.2. The van der Waals surface area contributed by atoms with Gasteiger partial charge in [0.15, 0.2) is 0 Å². The van der Waals surface area contributed by atoms with E-state index in [0.717, 1.165) is 12.0 Å². The van der Waals surface area contributed by atoms with E-state index in [1.54, 1.807) is 12.3 Å². The fourth-order valence-electron chi connectivity index (χ4n) is 1.15. The molecule has 0 fully saturated rings. The number of aromatic nitrogens is 1. The van der Waals surface area contributed by atoms with Crippen LogP contribution in [0.25, 0.3) is 0 Å². The third kappa shape index (κ3) is 2.65. The second-order valence-corrected chi connectivity index (χ2v) is 4.27. The molecule has 1 nitrogen and oxygen atoms in total. The maximum atomic E-state index is 7.41. The highest BCUT2D eigenvalue weighted by atomic mass is 14.6. The van der Waals surface area contributed by atoms with Crippen molar-refractivity contribution in [3.8, 4) is 0 Å². The molecule has 1 aromatic rings. The van der Waals surface area contributed by atoms with Gasteiger partial charge in [-0.3, -0.25) is 4.98 Å². The summed E-state index contributed by atoms with van der Waals surface area (Å²) in [5.74, 6) is 0. The SMILES string of the molecule is [2H]C([2H])([2H])c1cnccc1CC(C)(C)C. The first-order valence-electron chi connectivity index (χ1n) is 5.63. The smallest absolute Gasteiger partial charge is 0.0299 e. The summed E-state index contributed by atoms with van der Waals surface area (Å²) in [6, 6.07) is 1.80. The molecule has 0 aliphatic carbocycles. The van der Waals surface area contributed by atoms with Gasteiger partial charge in [0.1, 0.15) is 0 Å². The van der Waals surface area contributed by atoms with Gasteiger partial charge in [-0.2, -0.15) is 0 Å². The molecule has 0 bridgehead atoms. The number of aryl methyl sites for hydroxylation is 1. The summed E-state index contributed by atoms with van der Waals surface area (Å²) in [4.78, 5) is 3.88. The molecule has 0 spiro atoms. The number of nitrogens with zero attached hydrogens (tertiary/aromatic N) is 1. The van der Waals surface area contributed by atoms with Crippen molar-refractivity contribution in [1.29, 1.82) is 0 Å². The van der Waals surface area contributed by atoms with Gasteiger partial charge in [-0.1, -0.05) is 20.8 Å². The van der Waals surface area contributed by atoms with Crippen LogP contribution >= 0.6 is 0 Å². The highest BCUT2D eigenvalue weighted by Gasteiger charge is 2.12. The van der Waals surface area contributed by atoms with Crippen molar-refractivity contribution in [3.05, 3.63) is 29.6 Å². The molecule has 66 valence electrons. The van der Waals surface area contributed by atoms with Gasteiger partial charge in [-0.15, -0.1) is 0 Å². The molecule has 0 saturated heterocycles. The minimum Gasteiger partial charge on any atom is -0.264 e. The summed E-state index contributed by atoms with van der Waals surface area (Å²) in [5, 5.41) is 0. The Morgan fingerprint density at radius 1 is 1.50 bits per heavy atom. The Morgan fingerprint density at radius 2 is 2.25 bits per heavy atom. The van der Waals surface area contributed by atoms with Gasteiger partial charge in [-0.25, -0.2) is 0 Å². The second-order valence-electron chi connectivity index (χ2n) is 4.27. The predicted molar refractivity (Wildman–Crippen MR) is 52.1 cm³/mol. The molecule has 0 radical (unpaired) electrons. The van der Waals surface area contributed by atoms with Crippen molar-refractivity contribution in [2.75, 3.05) is 0 Å². The monoisotopic (exact) mass is 166 g/mol. The molecular weight excluding hydrogens is 146 g/mol. The second kappa shape index (κ2) is 3.26. The van der Waals surface area contributed by atoms with Crippen molar-refractivity contribution in [1.82, 2.24) is 4.98 Å². The molecular formula is C11H17N. The van der Waals surface area contributed by atoms with Crippen LogP contribution < -0.4 is 0 Å². The highest BCUT2D eigenvalue weighted by molar-refractivity contribution is 5.22. The molecule has 0 aliphatic heterocycles. The van der Waals surface area contributed by atoms with Gasteiger partial charge in [0, 0.05) is 16.5 Å². The average Bonchev–Trinajstić information content (AvgIpc) is 1.99. The van der Waals surface area contributed by atoms with E-state index >= 15 is 0 Å². The molecule has 0 amide bonds. The molecule has 0 aromatic carbocycles. The molecule has 12 heavy (non-hydrogen) atoms. The topological polar surface area (TPSA) is 12.9 Å². The van der Waals surface area contributed by atoms with Crippen molar-refractivity contribution >= 4 is 0 Å². The van der Waals surface area contributed by atoms with E-state index in [9.17, 15) is 0 Å². The molecule has 0 saturated carbocycles. The van der Waals surface area contributed by atoms with Gasteiger partial charge in [0.25, 0.3) is 0 Å². The lowest BCUT2D eigenvalue weighted by Crippen LogP contribution is -2.10. The van der Waals surface area contributed by atoms with Crippen molar-refractivity contribution in [2.24, 2.45) is 5.41 Å². The van der Waals surface area contributed by atoms with Crippen LogP contribution in [0.2, 0.25) is 0 Å². The third-order valence-corrected chi connectivity index (χ3v) is 1.63. The van der Waals surface area contributed by atoms with Gasteiger partial charge < -0.3 is 0 Å². The van der Waals surface area contributed by atoms with E-state index in [4.69, 9.17) is 4.11 Å². The van der Waals surface area contributed by atoms with Gasteiger partial charge in [0.05, 0.1) is 0 Å². The molecule has 1 aromatic heterocycles. The first kappa shape index (κ1) is 5.74. The highest BCUT2D eigenvalue weighted by Crippen LogP contribution is 2.21. The van der Waals surface area contributed by atoms with E-state index < -0.39 is 6.85 Å². The number of rotatable bonds is 1. The Hall–Kier alpha value is -0.850. The summed E-state index contributed by atoms with van der Waals surface area (Å²) in [6.45, 7) is 4.22. The Bertz CT molecular complexity index is 336. The first-order chi connectivity index (χ1) is 6.70. The van der Waals surface area contributed by atoms with Crippen molar-refractivity contribution < 1.29 is 4.11 Å². The summed E-state index contributed by atoms with van der Waals surface area (Å²) in [5.41, 5.74) is 1.33. The summed E-state index contributed by atoms with van der Waals surface area (Å²) in [6.07, 6.45) is 3.85.